The van der Waals surface area contributed by atoms with Crippen LogP contribution >= 0.6 is 51.2 Å². The van der Waals surface area contributed by atoms with E-state index in [2.05, 4.69) is 39.4 Å². The number of thiocarbonyl (C=S) groups is 1. The van der Waals surface area contributed by atoms with Crippen LogP contribution in [0.5, 0.6) is 0 Å². The minimum atomic E-state index is -0.131. The van der Waals surface area contributed by atoms with Gasteiger partial charge in [0.2, 0.25) is 0 Å². The van der Waals surface area contributed by atoms with E-state index in [4.69, 9.17) is 12.2 Å². The Labute approximate surface area is 150 Å². The van der Waals surface area contributed by atoms with Crippen molar-refractivity contribution < 1.29 is 4.79 Å². The summed E-state index contributed by atoms with van der Waals surface area (Å²) in [5.74, 6) is -0.131. The Morgan fingerprint density at radius 2 is 2.00 bits per heavy atom. The second-order valence-electron chi connectivity index (χ2n) is 4.44. The Bertz CT molecular complexity index is 793. The molecule has 1 aliphatic heterocycles. The summed E-state index contributed by atoms with van der Waals surface area (Å²) >= 11 is 11.5. The SMILES string of the molecule is O=C1NC(=S)S/C1=C\C=C\c1cc(-c2ccccc2)sc1Br. The number of benzene rings is 1. The second kappa shape index (κ2) is 6.91. The van der Waals surface area contributed by atoms with Crippen molar-refractivity contribution in [1.82, 2.24) is 5.32 Å². The molecule has 3 rings (SSSR count). The van der Waals surface area contributed by atoms with Crippen molar-refractivity contribution in [2.45, 2.75) is 0 Å². The van der Waals surface area contributed by atoms with Gasteiger partial charge in [-0.15, -0.1) is 11.3 Å². The fourth-order valence-corrected chi connectivity index (χ4v) is 4.56. The predicted octanol–water partition coefficient (Wildman–Crippen LogP) is 5.22. The predicted molar refractivity (Wildman–Crippen MR) is 103 cm³/mol. The Morgan fingerprint density at radius 1 is 1.23 bits per heavy atom. The van der Waals surface area contributed by atoms with Crippen molar-refractivity contribution in [2.75, 3.05) is 0 Å². The maximum Gasteiger partial charge on any atom is 0.263 e. The number of thioether (sulfide) groups is 1. The number of amides is 1. The first kappa shape index (κ1) is 15.7. The van der Waals surface area contributed by atoms with Gasteiger partial charge in [-0.3, -0.25) is 4.79 Å². The van der Waals surface area contributed by atoms with Crippen LogP contribution in [-0.4, -0.2) is 10.2 Å². The minimum absolute atomic E-state index is 0.131. The molecule has 0 bridgehead atoms. The molecule has 0 aliphatic carbocycles. The highest BCUT2D eigenvalue weighted by Gasteiger charge is 2.20. The van der Waals surface area contributed by atoms with E-state index in [-0.39, 0.29) is 5.91 Å². The number of carbonyl (C=O) groups is 1. The molecular weight excluding hydrogens is 398 g/mol. The van der Waals surface area contributed by atoms with Crippen LogP contribution in [0.3, 0.4) is 0 Å². The molecule has 1 aromatic carbocycles. The van der Waals surface area contributed by atoms with E-state index in [1.54, 1.807) is 17.4 Å². The molecule has 22 heavy (non-hydrogen) atoms. The third-order valence-corrected chi connectivity index (χ3v) is 6.05. The lowest BCUT2D eigenvalue weighted by atomic mass is 10.1. The van der Waals surface area contributed by atoms with E-state index < -0.39 is 0 Å². The number of rotatable bonds is 3. The van der Waals surface area contributed by atoms with E-state index in [1.165, 1.54) is 22.2 Å². The van der Waals surface area contributed by atoms with Crippen molar-refractivity contribution >= 4 is 67.6 Å². The van der Waals surface area contributed by atoms with Crippen LogP contribution in [0.1, 0.15) is 5.56 Å². The van der Waals surface area contributed by atoms with Gasteiger partial charge in [0.1, 0.15) is 4.32 Å². The molecule has 1 aliphatic rings. The molecule has 1 amide bonds. The molecule has 0 saturated carbocycles. The molecule has 0 spiro atoms. The quantitative estimate of drug-likeness (QED) is 0.558. The van der Waals surface area contributed by atoms with E-state index in [0.29, 0.717) is 9.23 Å². The van der Waals surface area contributed by atoms with Gasteiger partial charge in [-0.1, -0.05) is 66.5 Å². The standard InChI is InChI=1S/C16H10BrNOS3/c17-14-11(7-4-8-12-15(19)18-16(20)22-12)9-13(21-14)10-5-2-1-3-6-10/h1-9H,(H,18,19,20)/b7-4+,12-8-. The summed E-state index contributed by atoms with van der Waals surface area (Å²) in [5.41, 5.74) is 2.29. The third kappa shape index (κ3) is 3.57. The van der Waals surface area contributed by atoms with Gasteiger partial charge in [0.05, 0.1) is 8.69 Å². The molecular formula is C16H10BrNOS3. The van der Waals surface area contributed by atoms with Crippen molar-refractivity contribution in [3.8, 4) is 10.4 Å². The van der Waals surface area contributed by atoms with Gasteiger partial charge in [-0.05, 0) is 33.6 Å². The molecule has 1 aromatic heterocycles. The van der Waals surface area contributed by atoms with Crippen molar-refractivity contribution in [2.24, 2.45) is 0 Å². The number of allylic oxidation sites excluding steroid dienone is 2. The van der Waals surface area contributed by atoms with Gasteiger partial charge in [-0.2, -0.15) is 0 Å². The zero-order valence-electron chi connectivity index (χ0n) is 11.2. The lowest BCUT2D eigenvalue weighted by Crippen LogP contribution is -2.17. The molecule has 1 fully saturated rings. The molecule has 2 heterocycles. The summed E-state index contributed by atoms with van der Waals surface area (Å²) in [6.45, 7) is 0. The van der Waals surface area contributed by atoms with Crippen molar-refractivity contribution in [1.29, 1.82) is 0 Å². The largest absolute Gasteiger partial charge is 0.307 e. The zero-order valence-corrected chi connectivity index (χ0v) is 15.2. The van der Waals surface area contributed by atoms with Crippen molar-refractivity contribution in [3.05, 3.63) is 62.8 Å². The first-order valence-electron chi connectivity index (χ1n) is 6.40. The van der Waals surface area contributed by atoms with Gasteiger partial charge in [0, 0.05) is 10.4 Å². The van der Waals surface area contributed by atoms with Crippen molar-refractivity contribution in [3.63, 3.8) is 0 Å². The molecule has 1 saturated heterocycles. The Hall–Kier alpha value is -1.21. The number of hydrogen-bond acceptors (Lipinski definition) is 4. The molecule has 1 N–H and O–H groups in total. The Balaban J connectivity index is 1.80. The van der Waals surface area contributed by atoms with Crippen LogP contribution < -0.4 is 5.32 Å². The first-order chi connectivity index (χ1) is 10.6. The van der Waals surface area contributed by atoms with Crippen LogP contribution in [0.4, 0.5) is 0 Å². The summed E-state index contributed by atoms with van der Waals surface area (Å²) in [7, 11) is 0. The zero-order chi connectivity index (χ0) is 15.5. The summed E-state index contributed by atoms with van der Waals surface area (Å²) < 4.78 is 1.58. The minimum Gasteiger partial charge on any atom is -0.307 e. The summed E-state index contributed by atoms with van der Waals surface area (Å²) in [5, 5.41) is 2.60. The average molecular weight is 408 g/mol. The molecule has 6 heteroatoms. The lowest BCUT2D eigenvalue weighted by Gasteiger charge is -1.93. The van der Waals surface area contributed by atoms with E-state index >= 15 is 0 Å². The molecule has 2 aromatic rings. The normalized spacial score (nSPS) is 16.7. The summed E-state index contributed by atoms with van der Waals surface area (Å²) in [6, 6.07) is 12.4. The fraction of sp³-hybridized carbons (Fsp3) is 0. The Morgan fingerprint density at radius 3 is 2.68 bits per heavy atom. The smallest absolute Gasteiger partial charge is 0.263 e. The third-order valence-electron chi connectivity index (χ3n) is 2.94. The maximum atomic E-state index is 11.6. The van der Waals surface area contributed by atoms with Gasteiger partial charge in [0.25, 0.3) is 5.91 Å². The topological polar surface area (TPSA) is 29.1 Å². The van der Waals surface area contributed by atoms with Crippen LogP contribution in [0.25, 0.3) is 16.5 Å². The highest BCUT2D eigenvalue weighted by atomic mass is 79.9. The van der Waals surface area contributed by atoms with Gasteiger partial charge in [0.15, 0.2) is 0 Å². The van der Waals surface area contributed by atoms with Gasteiger partial charge < -0.3 is 5.32 Å². The van der Waals surface area contributed by atoms with E-state index in [0.717, 1.165) is 9.35 Å². The summed E-state index contributed by atoms with van der Waals surface area (Å²) in [4.78, 5) is 13.4. The number of halogens is 1. The number of nitrogens with one attached hydrogen (secondary N) is 1. The molecule has 0 radical (unpaired) electrons. The van der Waals surface area contributed by atoms with Gasteiger partial charge >= 0.3 is 0 Å². The van der Waals surface area contributed by atoms with Crippen LogP contribution in [0.2, 0.25) is 0 Å². The van der Waals surface area contributed by atoms with E-state index in [1.807, 2.05) is 30.4 Å². The van der Waals surface area contributed by atoms with Crippen LogP contribution in [0, 0.1) is 0 Å². The number of hydrogen-bond donors (Lipinski definition) is 1. The second-order valence-corrected chi connectivity index (χ2v) is 8.53. The molecule has 2 nitrogen and oxygen atoms in total. The Kier molecular flexibility index (Phi) is 4.93. The maximum absolute atomic E-state index is 11.6. The average Bonchev–Trinajstić information content (AvgIpc) is 3.03. The highest BCUT2D eigenvalue weighted by molar-refractivity contribution is 9.11. The monoisotopic (exact) mass is 407 g/mol. The fourth-order valence-electron chi connectivity index (χ4n) is 1.92. The van der Waals surface area contributed by atoms with Crippen LogP contribution in [0.15, 0.2) is 57.2 Å². The summed E-state index contributed by atoms with van der Waals surface area (Å²) in [6.07, 6.45) is 5.64. The molecule has 0 unspecified atom stereocenters. The number of carbonyl (C=O) groups excluding carboxylic acids is 1. The molecule has 0 atom stereocenters. The van der Waals surface area contributed by atoms with Gasteiger partial charge in [-0.25, -0.2) is 0 Å². The number of thiophene rings is 1. The van der Waals surface area contributed by atoms with E-state index in [9.17, 15) is 4.79 Å². The first-order valence-corrected chi connectivity index (χ1v) is 9.23. The van der Waals surface area contributed by atoms with Crippen LogP contribution in [-0.2, 0) is 4.79 Å². The molecule has 110 valence electrons. The highest BCUT2D eigenvalue weighted by Crippen LogP contribution is 2.36. The lowest BCUT2D eigenvalue weighted by molar-refractivity contribution is -0.115.